The number of hydrogen-bond acceptors (Lipinski definition) is 6. The Morgan fingerprint density at radius 3 is 2.94 bits per heavy atom. The molecule has 1 amide bonds. The molecule has 7 nitrogen and oxygen atoms in total. The minimum Gasteiger partial charge on any atom is -0.490 e. The summed E-state index contributed by atoms with van der Waals surface area (Å²) in [7, 11) is 0. The monoisotopic (exact) mass is 444 g/mol. The SMILES string of the molecule is C#CCOc1ccc([C@@H]2CC(=O)Nc3c2cnn3-c2nc3ccccc3s2)cc1OCC. The molecule has 32 heavy (non-hydrogen) atoms. The number of aromatic nitrogens is 3. The fraction of sp³-hybridized carbons (Fsp3) is 0.208. The first-order valence-corrected chi connectivity index (χ1v) is 11.1. The van der Waals surface area contributed by atoms with Crippen LogP contribution in [-0.2, 0) is 4.79 Å². The number of rotatable bonds is 6. The van der Waals surface area contributed by atoms with Crippen LogP contribution in [0.25, 0.3) is 15.3 Å². The standard InChI is InChI=1S/C24H20N4O3S/c1-3-11-31-19-10-9-15(12-20(19)30-4-2)16-13-22(29)27-23-17(16)14-25-28(23)24-26-18-7-5-6-8-21(18)32-24/h1,5-10,12,14,16H,4,11,13H2,2H3,(H,27,29)/t16-/m0/s1. The maximum Gasteiger partial charge on any atom is 0.226 e. The predicted octanol–water partition coefficient (Wildman–Crippen LogP) is 4.37. The summed E-state index contributed by atoms with van der Waals surface area (Å²) in [5.74, 6) is 4.06. The molecule has 160 valence electrons. The summed E-state index contributed by atoms with van der Waals surface area (Å²) in [6.07, 6.45) is 7.43. The van der Waals surface area contributed by atoms with Gasteiger partial charge in [-0.25, -0.2) is 4.98 Å². The van der Waals surface area contributed by atoms with Crippen LogP contribution < -0.4 is 14.8 Å². The molecule has 0 bridgehead atoms. The van der Waals surface area contributed by atoms with E-state index in [4.69, 9.17) is 15.9 Å². The molecule has 0 saturated carbocycles. The lowest BCUT2D eigenvalue weighted by Gasteiger charge is -2.24. The van der Waals surface area contributed by atoms with E-state index in [0.29, 0.717) is 35.5 Å². The van der Waals surface area contributed by atoms with Gasteiger partial charge in [0, 0.05) is 17.9 Å². The van der Waals surface area contributed by atoms with Crippen molar-refractivity contribution >= 4 is 33.3 Å². The average Bonchev–Trinajstić information content (AvgIpc) is 3.41. The third-order valence-corrected chi connectivity index (χ3v) is 6.28. The van der Waals surface area contributed by atoms with E-state index < -0.39 is 0 Å². The van der Waals surface area contributed by atoms with Gasteiger partial charge in [0.05, 0.1) is 23.0 Å². The van der Waals surface area contributed by atoms with Gasteiger partial charge in [-0.05, 0) is 36.8 Å². The van der Waals surface area contributed by atoms with Gasteiger partial charge in [0.25, 0.3) is 0 Å². The van der Waals surface area contributed by atoms with E-state index in [1.807, 2.05) is 49.4 Å². The van der Waals surface area contributed by atoms with Crippen molar-refractivity contribution in [2.75, 3.05) is 18.5 Å². The molecule has 0 aliphatic carbocycles. The van der Waals surface area contributed by atoms with Gasteiger partial charge in [-0.15, -0.1) is 6.42 Å². The minimum atomic E-state index is -0.164. The lowest BCUT2D eigenvalue weighted by atomic mass is 9.87. The van der Waals surface area contributed by atoms with Crippen LogP contribution in [0.15, 0.2) is 48.7 Å². The van der Waals surface area contributed by atoms with Crippen molar-refractivity contribution in [3.05, 3.63) is 59.8 Å². The number of nitrogens with one attached hydrogen (secondary N) is 1. The Balaban J connectivity index is 1.55. The van der Waals surface area contributed by atoms with E-state index in [1.165, 1.54) is 11.3 Å². The number of ether oxygens (including phenoxy) is 2. The molecule has 0 fully saturated rings. The number of hydrogen-bond donors (Lipinski definition) is 1. The van der Waals surface area contributed by atoms with Crippen LogP contribution in [0.1, 0.15) is 30.4 Å². The van der Waals surface area contributed by atoms with Crippen LogP contribution in [-0.4, -0.2) is 33.9 Å². The summed E-state index contributed by atoms with van der Waals surface area (Å²) in [6, 6.07) is 13.6. The molecule has 1 atom stereocenters. The van der Waals surface area contributed by atoms with Crippen LogP contribution in [0.3, 0.4) is 0 Å². The van der Waals surface area contributed by atoms with Gasteiger partial charge in [-0.1, -0.05) is 35.5 Å². The lowest BCUT2D eigenvalue weighted by Crippen LogP contribution is -2.24. The number of amides is 1. The quantitative estimate of drug-likeness (QED) is 0.447. The summed E-state index contributed by atoms with van der Waals surface area (Å²) in [6.45, 7) is 2.55. The largest absolute Gasteiger partial charge is 0.490 e. The molecule has 0 spiro atoms. The Bertz CT molecular complexity index is 1320. The van der Waals surface area contributed by atoms with E-state index >= 15 is 0 Å². The molecule has 1 aliphatic heterocycles. The van der Waals surface area contributed by atoms with Crippen molar-refractivity contribution < 1.29 is 14.3 Å². The number of anilines is 1. The summed E-state index contributed by atoms with van der Waals surface area (Å²) >= 11 is 1.53. The van der Waals surface area contributed by atoms with Crippen molar-refractivity contribution in [1.29, 1.82) is 0 Å². The number of fused-ring (bicyclic) bond motifs is 2. The zero-order valence-electron chi connectivity index (χ0n) is 17.4. The molecule has 3 heterocycles. The Kier molecular flexibility index (Phi) is 5.25. The number of nitrogens with zero attached hydrogens (tertiary/aromatic N) is 3. The van der Waals surface area contributed by atoms with Crippen LogP contribution >= 0.6 is 11.3 Å². The molecule has 2 aromatic carbocycles. The summed E-state index contributed by atoms with van der Waals surface area (Å²) < 4.78 is 14.1. The van der Waals surface area contributed by atoms with Gasteiger partial charge in [-0.2, -0.15) is 9.78 Å². The fourth-order valence-corrected chi connectivity index (χ4v) is 4.79. The number of para-hydroxylation sites is 1. The average molecular weight is 445 g/mol. The van der Waals surface area contributed by atoms with Crippen LogP contribution in [0.4, 0.5) is 5.82 Å². The van der Waals surface area contributed by atoms with Gasteiger partial charge in [0.2, 0.25) is 11.0 Å². The molecule has 8 heteroatoms. The highest BCUT2D eigenvalue weighted by atomic mass is 32.1. The minimum absolute atomic E-state index is 0.0732. The summed E-state index contributed by atoms with van der Waals surface area (Å²) in [5, 5.41) is 8.25. The normalized spacial score (nSPS) is 15.1. The zero-order chi connectivity index (χ0) is 22.1. The van der Waals surface area contributed by atoms with E-state index in [1.54, 1.807) is 10.9 Å². The second-order valence-electron chi connectivity index (χ2n) is 7.26. The molecule has 0 saturated heterocycles. The maximum absolute atomic E-state index is 12.6. The van der Waals surface area contributed by atoms with E-state index in [0.717, 1.165) is 21.3 Å². The van der Waals surface area contributed by atoms with Gasteiger partial charge < -0.3 is 14.8 Å². The molecule has 1 N–H and O–H groups in total. The summed E-state index contributed by atoms with van der Waals surface area (Å²) in [4.78, 5) is 17.3. The molecule has 2 aromatic heterocycles. The van der Waals surface area contributed by atoms with Gasteiger partial charge >= 0.3 is 0 Å². The Morgan fingerprint density at radius 1 is 1.25 bits per heavy atom. The first kappa shape index (κ1) is 20.1. The van der Waals surface area contributed by atoms with Crippen LogP contribution in [0.2, 0.25) is 0 Å². The molecule has 0 unspecified atom stereocenters. The van der Waals surface area contributed by atoms with Gasteiger partial charge in [0.1, 0.15) is 12.4 Å². The topological polar surface area (TPSA) is 78.3 Å². The third-order valence-electron chi connectivity index (χ3n) is 5.27. The van der Waals surface area contributed by atoms with Crippen LogP contribution in [0.5, 0.6) is 11.5 Å². The molecule has 0 radical (unpaired) electrons. The molecule has 5 rings (SSSR count). The molecular formula is C24H20N4O3S. The second-order valence-corrected chi connectivity index (χ2v) is 8.27. The second kappa shape index (κ2) is 8.36. The highest BCUT2D eigenvalue weighted by molar-refractivity contribution is 7.20. The van der Waals surface area contributed by atoms with Crippen molar-refractivity contribution in [2.24, 2.45) is 0 Å². The Hall–Kier alpha value is -3.83. The lowest BCUT2D eigenvalue weighted by molar-refractivity contribution is -0.116. The third kappa shape index (κ3) is 3.57. The first-order chi connectivity index (χ1) is 15.7. The molecule has 1 aliphatic rings. The summed E-state index contributed by atoms with van der Waals surface area (Å²) in [5.41, 5.74) is 2.78. The first-order valence-electron chi connectivity index (χ1n) is 10.2. The van der Waals surface area contributed by atoms with Gasteiger partial charge in [-0.3, -0.25) is 4.79 Å². The number of carbonyl (C=O) groups excluding carboxylic acids is 1. The fourth-order valence-electron chi connectivity index (χ4n) is 3.86. The molecular weight excluding hydrogens is 424 g/mol. The number of carbonyl (C=O) groups is 1. The van der Waals surface area contributed by atoms with Crippen molar-refractivity contribution in [3.63, 3.8) is 0 Å². The number of benzene rings is 2. The smallest absolute Gasteiger partial charge is 0.226 e. The van der Waals surface area contributed by atoms with Gasteiger partial charge in [0.15, 0.2) is 11.5 Å². The predicted molar refractivity (Wildman–Crippen MR) is 124 cm³/mol. The number of terminal acetylenes is 1. The molecule has 4 aromatic rings. The Labute approximate surface area is 189 Å². The highest BCUT2D eigenvalue weighted by Crippen LogP contribution is 2.41. The Morgan fingerprint density at radius 2 is 2.12 bits per heavy atom. The van der Waals surface area contributed by atoms with E-state index in [-0.39, 0.29) is 18.4 Å². The maximum atomic E-state index is 12.6. The zero-order valence-corrected chi connectivity index (χ0v) is 18.2. The van der Waals surface area contributed by atoms with Crippen molar-refractivity contribution in [2.45, 2.75) is 19.3 Å². The van der Waals surface area contributed by atoms with E-state index in [2.05, 4.69) is 21.3 Å². The van der Waals surface area contributed by atoms with Crippen molar-refractivity contribution in [1.82, 2.24) is 14.8 Å². The van der Waals surface area contributed by atoms with Crippen LogP contribution in [0, 0.1) is 12.3 Å². The highest BCUT2D eigenvalue weighted by Gasteiger charge is 2.31. The number of thiazole rings is 1. The van der Waals surface area contributed by atoms with Crippen molar-refractivity contribution in [3.8, 4) is 29.0 Å². The van der Waals surface area contributed by atoms with E-state index in [9.17, 15) is 4.79 Å².